The van der Waals surface area contributed by atoms with Gasteiger partial charge in [0.05, 0.1) is 25.9 Å². The Kier molecular flexibility index (Phi) is 6.73. The fourth-order valence-corrected chi connectivity index (χ4v) is 2.88. The van der Waals surface area contributed by atoms with E-state index in [1.165, 1.54) is 0 Å². The molecule has 0 bridgehead atoms. The van der Waals surface area contributed by atoms with Gasteiger partial charge in [-0.2, -0.15) is 0 Å². The molecule has 0 unspecified atom stereocenters. The third kappa shape index (κ3) is 5.03. The molecule has 134 valence electrons. The maximum atomic E-state index is 10.5. The van der Waals surface area contributed by atoms with E-state index in [2.05, 4.69) is 15.6 Å². The van der Waals surface area contributed by atoms with Gasteiger partial charge in [-0.3, -0.25) is 4.99 Å². The number of nitrogens with one attached hydrogen (secondary N) is 2. The number of nitrogens with zero attached hydrogens (tertiary/aromatic N) is 1. The number of rotatable bonds is 7. The zero-order valence-corrected chi connectivity index (χ0v) is 14.9. The van der Waals surface area contributed by atoms with Crippen LogP contribution in [0.3, 0.4) is 0 Å². The van der Waals surface area contributed by atoms with Gasteiger partial charge in [0, 0.05) is 18.3 Å². The van der Waals surface area contributed by atoms with Crippen LogP contribution in [0.15, 0.2) is 23.2 Å². The molecule has 2 rings (SSSR count). The van der Waals surface area contributed by atoms with Crippen LogP contribution in [-0.4, -0.2) is 43.5 Å². The van der Waals surface area contributed by atoms with E-state index in [0.717, 1.165) is 37.9 Å². The summed E-state index contributed by atoms with van der Waals surface area (Å²) < 4.78 is 10.9. The van der Waals surface area contributed by atoms with E-state index in [4.69, 9.17) is 9.47 Å². The first kappa shape index (κ1) is 18.4. The van der Waals surface area contributed by atoms with E-state index in [0.29, 0.717) is 30.6 Å². The summed E-state index contributed by atoms with van der Waals surface area (Å²) in [6.07, 6.45) is 3.80. The Labute approximate surface area is 144 Å². The molecule has 0 amide bonds. The normalized spacial score (nSPS) is 16.8. The molecular formula is C18H29N3O3. The molecule has 3 N–H and O–H groups in total. The molecule has 0 aliphatic heterocycles. The fourth-order valence-electron chi connectivity index (χ4n) is 2.88. The number of hydrogen-bond donors (Lipinski definition) is 3. The van der Waals surface area contributed by atoms with E-state index in [1.807, 2.05) is 32.0 Å². The topological polar surface area (TPSA) is 75.1 Å². The third-order valence-corrected chi connectivity index (χ3v) is 4.14. The Hall–Kier alpha value is -1.95. The highest BCUT2D eigenvalue weighted by Crippen LogP contribution is 2.31. The lowest BCUT2D eigenvalue weighted by molar-refractivity contribution is 0.0575. The summed E-state index contributed by atoms with van der Waals surface area (Å²) >= 11 is 0. The Balaban J connectivity index is 2.09. The van der Waals surface area contributed by atoms with Crippen molar-refractivity contribution in [3.8, 4) is 11.5 Å². The van der Waals surface area contributed by atoms with Gasteiger partial charge in [-0.05, 0) is 38.8 Å². The van der Waals surface area contributed by atoms with Crippen LogP contribution < -0.4 is 20.1 Å². The molecule has 1 saturated carbocycles. The summed E-state index contributed by atoms with van der Waals surface area (Å²) in [6.45, 7) is 5.70. The van der Waals surface area contributed by atoms with E-state index in [1.54, 1.807) is 7.11 Å². The van der Waals surface area contributed by atoms with E-state index >= 15 is 0 Å². The van der Waals surface area contributed by atoms with Crippen LogP contribution in [0.4, 0.5) is 5.69 Å². The van der Waals surface area contributed by atoms with Crippen LogP contribution in [0.25, 0.3) is 0 Å². The average Bonchev–Trinajstić information content (AvgIpc) is 3.01. The van der Waals surface area contributed by atoms with Gasteiger partial charge in [-0.25, -0.2) is 0 Å². The molecule has 0 spiro atoms. The Bertz CT molecular complexity index is 554. The van der Waals surface area contributed by atoms with Crippen molar-refractivity contribution >= 4 is 11.6 Å². The van der Waals surface area contributed by atoms with Crippen molar-refractivity contribution in [2.45, 2.75) is 45.1 Å². The smallest absolute Gasteiger partial charge is 0.195 e. The van der Waals surface area contributed by atoms with Crippen molar-refractivity contribution in [2.24, 2.45) is 4.99 Å². The lowest BCUT2D eigenvalue weighted by Crippen LogP contribution is -2.34. The largest absolute Gasteiger partial charge is 0.493 e. The number of benzene rings is 1. The quantitative estimate of drug-likeness (QED) is 0.528. The molecule has 0 saturated heterocycles. The third-order valence-electron chi connectivity index (χ3n) is 4.14. The number of ether oxygens (including phenoxy) is 2. The molecule has 1 aliphatic rings. The monoisotopic (exact) mass is 335 g/mol. The van der Waals surface area contributed by atoms with Crippen molar-refractivity contribution in [1.29, 1.82) is 0 Å². The number of aliphatic hydroxyl groups is 1. The minimum atomic E-state index is -0.654. The van der Waals surface area contributed by atoms with Gasteiger partial charge in [-0.1, -0.05) is 12.8 Å². The summed E-state index contributed by atoms with van der Waals surface area (Å²) in [5.41, 5.74) is 0.201. The van der Waals surface area contributed by atoms with Crippen molar-refractivity contribution < 1.29 is 14.6 Å². The lowest BCUT2D eigenvalue weighted by atomic mass is 10.0. The average molecular weight is 335 g/mol. The second-order valence-electron chi connectivity index (χ2n) is 6.05. The molecule has 1 aliphatic carbocycles. The SMILES string of the molecule is CCNC(=NCC1(O)CCCC1)Nc1ccc(OCC)c(OC)c1. The molecule has 0 heterocycles. The van der Waals surface area contributed by atoms with Crippen LogP contribution in [-0.2, 0) is 0 Å². The number of methoxy groups -OCH3 is 1. The lowest BCUT2D eigenvalue weighted by Gasteiger charge is -2.20. The summed E-state index contributed by atoms with van der Waals surface area (Å²) in [5.74, 6) is 2.05. The van der Waals surface area contributed by atoms with Crippen LogP contribution in [0.2, 0.25) is 0 Å². The predicted octanol–water partition coefficient (Wildman–Crippen LogP) is 2.78. The van der Waals surface area contributed by atoms with Gasteiger partial charge in [0.2, 0.25) is 0 Å². The van der Waals surface area contributed by atoms with Gasteiger partial charge >= 0.3 is 0 Å². The van der Waals surface area contributed by atoms with Crippen LogP contribution >= 0.6 is 0 Å². The first-order chi connectivity index (χ1) is 11.6. The molecule has 6 nitrogen and oxygen atoms in total. The van der Waals surface area contributed by atoms with Gasteiger partial charge in [0.25, 0.3) is 0 Å². The van der Waals surface area contributed by atoms with Gasteiger partial charge in [0.15, 0.2) is 17.5 Å². The minimum absolute atomic E-state index is 0.413. The van der Waals surface area contributed by atoms with Gasteiger partial charge < -0.3 is 25.2 Å². The summed E-state index contributed by atoms with van der Waals surface area (Å²) in [6, 6.07) is 5.67. The van der Waals surface area contributed by atoms with Crippen LogP contribution in [0.5, 0.6) is 11.5 Å². The van der Waals surface area contributed by atoms with Gasteiger partial charge in [0.1, 0.15) is 0 Å². The highest BCUT2D eigenvalue weighted by Gasteiger charge is 2.30. The van der Waals surface area contributed by atoms with E-state index in [-0.39, 0.29) is 0 Å². The molecule has 1 fully saturated rings. The molecule has 0 radical (unpaired) electrons. The number of anilines is 1. The number of guanidine groups is 1. The fraction of sp³-hybridized carbons (Fsp3) is 0.611. The molecule has 6 heteroatoms. The standard InChI is InChI=1S/C18H29N3O3/c1-4-19-17(20-13-18(22)10-6-7-11-18)21-14-8-9-15(24-5-2)16(12-14)23-3/h8-9,12,22H,4-7,10-11,13H2,1-3H3,(H2,19,20,21). The maximum absolute atomic E-state index is 10.5. The molecule has 1 aromatic carbocycles. The highest BCUT2D eigenvalue weighted by atomic mass is 16.5. The van der Waals surface area contributed by atoms with Gasteiger partial charge in [-0.15, -0.1) is 0 Å². The number of hydrogen-bond acceptors (Lipinski definition) is 4. The second kappa shape index (κ2) is 8.78. The molecular weight excluding hydrogens is 306 g/mol. The minimum Gasteiger partial charge on any atom is -0.493 e. The first-order valence-corrected chi connectivity index (χ1v) is 8.69. The van der Waals surface area contributed by atoms with E-state index in [9.17, 15) is 5.11 Å². The van der Waals surface area contributed by atoms with Crippen molar-refractivity contribution in [2.75, 3.05) is 32.1 Å². The second-order valence-corrected chi connectivity index (χ2v) is 6.05. The Morgan fingerprint density at radius 3 is 2.62 bits per heavy atom. The number of aliphatic imine (C=N–C) groups is 1. The zero-order chi connectivity index (χ0) is 17.4. The van der Waals surface area contributed by atoms with Crippen molar-refractivity contribution in [3.05, 3.63) is 18.2 Å². The Morgan fingerprint density at radius 1 is 1.25 bits per heavy atom. The summed E-state index contributed by atoms with van der Waals surface area (Å²) in [5, 5.41) is 16.9. The van der Waals surface area contributed by atoms with E-state index < -0.39 is 5.60 Å². The highest BCUT2D eigenvalue weighted by molar-refractivity contribution is 5.94. The van der Waals surface area contributed by atoms with Crippen molar-refractivity contribution in [1.82, 2.24) is 5.32 Å². The van der Waals surface area contributed by atoms with Crippen LogP contribution in [0.1, 0.15) is 39.5 Å². The maximum Gasteiger partial charge on any atom is 0.195 e. The summed E-state index contributed by atoms with van der Waals surface area (Å²) in [4.78, 5) is 4.55. The summed E-state index contributed by atoms with van der Waals surface area (Å²) in [7, 11) is 1.62. The zero-order valence-electron chi connectivity index (χ0n) is 14.9. The molecule has 1 aromatic rings. The first-order valence-electron chi connectivity index (χ1n) is 8.69. The molecule has 24 heavy (non-hydrogen) atoms. The Morgan fingerprint density at radius 2 is 2.00 bits per heavy atom. The predicted molar refractivity (Wildman–Crippen MR) is 97.2 cm³/mol. The molecule has 0 aromatic heterocycles. The van der Waals surface area contributed by atoms with Crippen LogP contribution in [0, 0.1) is 0 Å². The molecule has 0 atom stereocenters. The van der Waals surface area contributed by atoms with Crippen molar-refractivity contribution in [3.63, 3.8) is 0 Å².